The van der Waals surface area contributed by atoms with E-state index in [-0.39, 0.29) is 5.91 Å². The van der Waals surface area contributed by atoms with Gasteiger partial charge in [-0.1, -0.05) is 36.4 Å². The van der Waals surface area contributed by atoms with E-state index in [4.69, 9.17) is 0 Å². The molecule has 2 aliphatic rings. The molecule has 1 aliphatic heterocycles. The van der Waals surface area contributed by atoms with Crippen molar-refractivity contribution in [2.24, 2.45) is 5.92 Å². The van der Waals surface area contributed by atoms with Crippen LogP contribution in [0.15, 0.2) is 42.5 Å². The van der Waals surface area contributed by atoms with E-state index in [0.717, 1.165) is 29.4 Å². The van der Waals surface area contributed by atoms with Crippen LogP contribution in [0.1, 0.15) is 36.5 Å². The molecule has 3 nitrogen and oxygen atoms in total. The van der Waals surface area contributed by atoms with E-state index in [1.54, 1.807) is 6.92 Å². The lowest BCUT2D eigenvalue weighted by molar-refractivity contribution is -0.116. The van der Waals surface area contributed by atoms with Crippen molar-refractivity contribution in [2.75, 3.05) is 16.8 Å². The Morgan fingerprint density at radius 2 is 1.92 bits per heavy atom. The first-order valence-corrected chi connectivity index (χ1v) is 8.63. The Labute approximate surface area is 143 Å². The van der Waals surface area contributed by atoms with Gasteiger partial charge >= 0.3 is 0 Å². The number of benzene rings is 2. The van der Waals surface area contributed by atoms with Gasteiger partial charge in [0.15, 0.2) is 0 Å². The van der Waals surface area contributed by atoms with Crippen LogP contribution >= 0.6 is 0 Å². The summed E-state index contributed by atoms with van der Waals surface area (Å²) in [5, 5.41) is 3.53. The highest BCUT2D eigenvalue weighted by Crippen LogP contribution is 2.31. The molecule has 0 radical (unpaired) electrons. The number of fused-ring (bicyclic) bond motifs is 2. The third kappa shape index (κ3) is 3.07. The molecule has 0 bridgehead atoms. The Hall–Kier alpha value is -2.55. The summed E-state index contributed by atoms with van der Waals surface area (Å²) in [5.41, 5.74) is 5.57. The highest BCUT2D eigenvalue weighted by molar-refractivity contribution is 5.95. The fourth-order valence-corrected chi connectivity index (χ4v) is 3.18. The predicted octanol–water partition coefficient (Wildman–Crippen LogP) is 4.55. The summed E-state index contributed by atoms with van der Waals surface area (Å²) >= 11 is 0. The van der Waals surface area contributed by atoms with Crippen LogP contribution in [0, 0.1) is 5.92 Å². The van der Waals surface area contributed by atoms with E-state index in [0.29, 0.717) is 6.54 Å². The summed E-state index contributed by atoms with van der Waals surface area (Å²) < 4.78 is 0. The van der Waals surface area contributed by atoms with Crippen molar-refractivity contribution in [3.63, 3.8) is 0 Å². The number of rotatable bonds is 3. The average molecular weight is 318 g/mol. The molecule has 1 aliphatic carbocycles. The van der Waals surface area contributed by atoms with E-state index in [1.165, 1.54) is 24.0 Å². The van der Waals surface area contributed by atoms with Gasteiger partial charge in [0.05, 0.1) is 12.2 Å². The van der Waals surface area contributed by atoms with Gasteiger partial charge in [0.2, 0.25) is 5.91 Å². The third-order valence-electron chi connectivity index (χ3n) is 4.82. The van der Waals surface area contributed by atoms with E-state index >= 15 is 0 Å². The van der Waals surface area contributed by atoms with E-state index in [2.05, 4.69) is 41.7 Å². The lowest BCUT2D eigenvalue weighted by atomic mass is 10.0. The van der Waals surface area contributed by atoms with Gasteiger partial charge in [-0.15, -0.1) is 0 Å². The van der Waals surface area contributed by atoms with Crippen molar-refractivity contribution in [1.82, 2.24) is 0 Å². The molecule has 2 aromatic rings. The van der Waals surface area contributed by atoms with Gasteiger partial charge in [-0.2, -0.15) is 0 Å². The molecule has 0 atom stereocenters. The zero-order valence-corrected chi connectivity index (χ0v) is 14.0. The van der Waals surface area contributed by atoms with Gasteiger partial charge in [0.25, 0.3) is 0 Å². The Morgan fingerprint density at radius 1 is 1.12 bits per heavy atom. The highest BCUT2D eigenvalue weighted by Gasteiger charge is 2.21. The fourth-order valence-electron chi connectivity index (χ4n) is 3.18. The standard InChI is InChI=1S/C21H22N2O/c1-15(24)23-14-19-10-11-20(22-13-16-6-7-16)12-18(19)9-8-17-4-2-3-5-21(17)23/h2-5,8-12,16,22H,6-7,13-14H2,1H3. The van der Waals surface area contributed by atoms with Gasteiger partial charge in [0.1, 0.15) is 0 Å². The van der Waals surface area contributed by atoms with Crippen LogP contribution in [-0.2, 0) is 11.3 Å². The molecule has 0 unspecified atom stereocenters. The Kier molecular flexibility index (Phi) is 3.85. The van der Waals surface area contributed by atoms with Crippen molar-refractivity contribution in [3.8, 4) is 0 Å². The van der Waals surface area contributed by atoms with Crippen LogP contribution in [0.5, 0.6) is 0 Å². The van der Waals surface area contributed by atoms with Gasteiger partial charge in [-0.25, -0.2) is 0 Å². The Bertz CT molecular complexity index is 805. The number of hydrogen-bond donors (Lipinski definition) is 1. The van der Waals surface area contributed by atoms with Crippen LogP contribution in [-0.4, -0.2) is 12.5 Å². The van der Waals surface area contributed by atoms with E-state index in [9.17, 15) is 4.79 Å². The number of amides is 1. The number of nitrogens with one attached hydrogen (secondary N) is 1. The molecule has 1 N–H and O–H groups in total. The molecule has 1 amide bonds. The van der Waals surface area contributed by atoms with Crippen LogP contribution in [0.25, 0.3) is 12.2 Å². The molecule has 4 rings (SSSR count). The minimum absolute atomic E-state index is 0.0691. The van der Waals surface area contributed by atoms with Gasteiger partial charge in [-0.05, 0) is 53.6 Å². The number of carbonyl (C=O) groups is 1. The smallest absolute Gasteiger partial charge is 0.224 e. The largest absolute Gasteiger partial charge is 0.385 e. The molecule has 0 spiro atoms. The predicted molar refractivity (Wildman–Crippen MR) is 99.9 cm³/mol. The summed E-state index contributed by atoms with van der Waals surface area (Å²) in [4.78, 5) is 14.0. The minimum Gasteiger partial charge on any atom is -0.385 e. The summed E-state index contributed by atoms with van der Waals surface area (Å²) in [7, 11) is 0. The SMILES string of the molecule is CC(=O)N1Cc2ccc(NCC3CC3)cc2C=Cc2ccccc21. The second-order valence-electron chi connectivity index (χ2n) is 6.74. The highest BCUT2D eigenvalue weighted by atomic mass is 16.2. The lowest BCUT2D eigenvalue weighted by Gasteiger charge is -2.26. The first-order chi connectivity index (χ1) is 11.7. The molecule has 24 heavy (non-hydrogen) atoms. The van der Waals surface area contributed by atoms with Crippen LogP contribution in [0.2, 0.25) is 0 Å². The lowest BCUT2D eigenvalue weighted by Crippen LogP contribution is -2.29. The Morgan fingerprint density at radius 3 is 2.71 bits per heavy atom. The third-order valence-corrected chi connectivity index (χ3v) is 4.82. The first kappa shape index (κ1) is 15.0. The average Bonchev–Trinajstić information content (AvgIpc) is 3.39. The van der Waals surface area contributed by atoms with Gasteiger partial charge < -0.3 is 10.2 Å². The molecule has 1 fully saturated rings. The van der Waals surface area contributed by atoms with Crippen molar-refractivity contribution < 1.29 is 4.79 Å². The zero-order chi connectivity index (χ0) is 16.5. The van der Waals surface area contributed by atoms with Crippen molar-refractivity contribution in [1.29, 1.82) is 0 Å². The van der Waals surface area contributed by atoms with E-state index < -0.39 is 0 Å². The monoisotopic (exact) mass is 318 g/mol. The molecule has 1 saturated carbocycles. The number of anilines is 2. The summed E-state index contributed by atoms with van der Waals surface area (Å²) in [6.07, 6.45) is 6.96. The van der Waals surface area contributed by atoms with Crippen LogP contribution in [0.3, 0.4) is 0 Å². The van der Waals surface area contributed by atoms with E-state index in [1.807, 2.05) is 23.1 Å². The summed E-state index contributed by atoms with van der Waals surface area (Å²) in [6, 6.07) is 14.5. The zero-order valence-electron chi connectivity index (χ0n) is 14.0. The maximum absolute atomic E-state index is 12.2. The molecular weight excluding hydrogens is 296 g/mol. The molecule has 1 heterocycles. The number of hydrogen-bond acceptors (Lipinski definition) is 2. The Balaban J connectivity index is 1.70. The summed E-state index contributed by atoms with van der Waals surface area (Å²) in [6.45, 7) is 3.30. The molecule has 0 aromatic heterocycles. The number of para-hydroxylation sites is 1. The van der Waals surface area contributed by atoms with Crippen molar-refractivity contribution in [2.45, 2.75) is 26.3 Å². The first-order valence-electron chi connectivity index (χ1n) is 8.63. The van der Waals surface area contributed by atoms with Crippen LogP contribution < -0.4 is 10.2 Å². The van der Waals surface area contributed by atoms with Gasteiger partial charge in [0, 0.05) is 19.2 Å². The van der Waals surface area contributed by atoms with Crippen molar-refractivity contribution >= 4 is 29.4 Å². The van der Waals surface area contributed by atoms with Gasteiger partial charge in [-0.3, -0.25) is 4.79 Å². The summed E-state index contributed by atoms with van der Waals surface area (Å²) in [5.74, 6) is 0.919. The maximum atomic E-state index is 12.2. The minimum atomic E-state index is 0.0691. The van der Waals surface area contributed by atoms with Crippen LogP contribution in [0.4, 0.5) is 11.4 Å². The van der Waals surface area contributed by atoms with Crippen molar-refractivity contribution in [3.05, 3.63) is 59.2 Å². The molecule has 2 aromatic carbocycles. The molecule has 3 heteroatoms. The molecule has 0 saturated heterocycles. The normalized spacial score (nSPS) is 16.0. The molecular formula is C21H22N2O. The number of nitrogens with zero attached hydrogens (tertiary/aromatic N) is 1. The maximum Gasteiger partial charge on any atom is 0.224 e. The fraction of sp³-hybridized carbons (Fsp3) is 0.286. The topological polar surface area (TPSA) is 32.3 Å². The quantitative estimate of drug-likeness (QED) is 0.900. The molecule has 122 valence electrons. The second kappa shape index (κ2) is 6.16. The second-order valence-corrected chi connectivity index (χ2v) is 6.74. The number of carbonyl (C=O) groups excluding carboxylic acids is 1.